The van der Waals surface area contributed by atoms with E-state index in [0.717, 1.165) is 6.42 Å². The third-order valence-corrected chi connectivity index (χ3v) is 4.09. The Morgan fingerprint density at radius 1 is 0.900 bits per heavy atom. The number of rotatable bonds is 10. The van der Waals surface area contributed by atoms with Gasteiger partial charge in [-0.2, -0.15) is 0 Å². The molecule has 0 saturated heterocycles. The van der Waals surface area contributed by atoms with Crippen LogP contribution < -0.4 is 20.1 Å². The van der Waals surface area contributed by atoms with Crippen LogP contribution in [0, 0.1) is 0 Å². The highest BCUT2D eigenvalue weighted by molar-refractivity contribution is 5.96. The second kappa shape index (κ2) is 11.5. The molecule has 8 heteroatoms. The lowest BCUT2D eigenvalue weighted by molar-refractivity contribution is -0.116. The zero-order valence-corrected chi connectivity index (χ0v) is 17.3. The van der Waals surface area contributed by atoms with Crippen LogP contribution in [0.15, 0.2) is 42.5 Å². The van der Waals surface area contributed by atoms with Gasteiger partial charge in [0.25, 0.3) is 5.91 Å². The molecular formula is C22H26N2O6. The monoisotopic (exact) mass is 414 g/mol. The summed E-state index contributed by atoms with van der Waals surface area (Å²) in [5.74, 6) is -0.0000740. The van der Waals surface area contributed by atoms with Crippen LogP contribution >= 0.6 is 0 Å². The molecule has 0 bridgehead atoms. The van der Waals surface area contributed by atoms with Gasteiger partial charge in [-0.1, -0.05) is 6.92 Å². The van der Waals surface area contributed by atoms with Crippen molar-refractivity contribution >= 4 is 23.5 Å². The van der Waals surface area contributed by atoms with Gasteiger partial charge in [0.05, 0.1) is 26.4 Å². The Morgan fingerprint density at radius 2 is 1.53 bits per heavy atom. The SMILES string of the molecule is CCCOC(=O)c1ccc(NC(=O)CCNC(=O)c2cc(OC)cc(OC)c2)cc1. The summed E-state index contributed by atoms with van der Waals surface area (Å²) in [5.41, 5.74) is 1.34. The fourth-order valence-corrected chi connectivity index (χ4v) is 2.52. The summed E-state index contributed by atoms with van der Waals surface area (Å²) < 4.78 is 15.3. The number of amides is 2. The summed E-state index contributed by atoms with van der Waals surface area (Å²) in [6, 6.07) is 11.3. The van der Waals surface area contributed by atoms with Crippen molar-refractivity contribution in [3.8, 4) is 11.5 Å². The zero-order chi connectivity index (χ0) is 21.9. The normalized spacial score (nSPS) is 10.1. The Kier molecular flexibility index (Phi) is 8.68. The summed E-state index contributed by atoms with van der Waals surface area (Å²) in [6.07, 6.45) is 0.842. The van der Waals surface area contributed by atoms with Crippen LogP contribution in [0.2, 0.25) is 0 Å². The molecule has 2 aromatic carbocycles. The molecule has 0 atom stereocenters. The third kappa shape index (κ3) is 6.80. The number of anilines is 1. The van der Waals surface area contributed by atoms with Gasteiger partial charge < -0.3 is 24.8 Å². The minimum Gasteiger partial charge on any atom is -0.497 e. The van der Waals surface area contributed by atoms with Crippen LogP contribution in [0.25, 0.3) is 0 Å². The van der Waals surface area contributed by atoms with Crippen LogP contribution in [-0.4, -0.2) is 45.2 Å². The van der Waals surface area contributed by atoms with Crippen molar-refractivity contribution < 1.29 is 28.6 Å². The number of hydrogen-bond donors (Lipinski definition) is 2. The molecule has 0 radical (unpaired) electrons. The van der Waals surface area contributed by atoms with Gasteiger partial charge in [0.2, 0.25) is 5.91 Å². The molecular weight excluding hydrogens is 388 g/mol. The summed E-state index contributed by atoms with van der Waals surface area (Å²) >= 11 is 0. The van der Waals surface area contributed by atoms with E-state index in [-0.39, 0.29) is 24.8 Å². The van der Waals surface area contributed by atoms with Crippen molar-refractivity contribution in [2.24, 2.45) is 0 Å². The van der Waals surface area contributed by atoms with Gasteiger partial charge in [0.15, 0.2) is 0 Å². The number of esters is 1. The number of nitrogens with one attached hydrogen (secondary N) is 2. The van der Waals surface area contributed by atoms with Crippen LogP contribution in [0.4, 0.5) is 5.69 Å². The predicted molar refractivity (Wildman–Crippen MR) is 112 cm³/mol. The second-order valence-electron chi connectivity index (χ2n) is 6.37. The maximum Gasteiger partial charge on any atom is 0.338 e. The molecule has 0 heterocycles. The van der Waals surface area contributed by atoms with E-state index in [2.05, 4.69) is 10.6 Å². The number of ether oxygens (including phenoxy) is 3. The molecule has 2 amide bonds. The predicted octanol–water partition coefficient (Wildman–Crippen LogP) is 3.03. The number of carbonyl (C=O) groups is 3. The molecule has 8 nitrogen and oxygen atoms in total. The Morgan fingerprint density at radius 3 is 2.10 bits per heavy atom. The van der Waals surface area contributed by atoms with Gasteiger partial charge in [-0.25, -0.2) is 4.79 Å². The lowest BCUT2D eigenvalue weighted by Gasteiger charge is -2.10. The first-order valence-electron chi connectivity index (χ1n) is 9.55. The highest BCUT2D eigenvalue weighted by Crippen LogP contribution is 2.22. The van der Waals surface area contributed by atoms with Gasteiger partial charge in [0, 0.05) is 30.3 Å². The first-order chi connectivity index (χ1) is 14.5. The van der Waals surface area contributed by atoms with Gasteiger partial charge in [0.1, 0.15) is 11.5 Å². The van der Waals surface area contributed by atoms with Gasteiger partial charge >= 0.3 is 5.97 Å². The van der Waals surface area contributed by atoms with Crippen molar-refractivity contribution in [3.05, 3.63) is 53.6 Å². The van der Waals surface area contributed by atoms with Crippen molar-refractivity contribution in [1.82, 2.24) is 5.32 Å². The zero-order valence-electron chi connectivity index (χ0n) is 17.3. The molecule has 0 saturated carbocycles. The first kappa shape index (κ1) is 22.7. The molecule has 0 aliphatic heterocycles. The van der Waals surface area contributed by atoms with Crippen LogP contribution in [0.5, 0.6) is 11.5 Å². The quantitative estimate of drug-likeness (QED) is 0.580. The molecule has 30 heavy (non-hydrogen) atoms. The Bertz CT molecular complexity index is 857. The Labute approximate surface area is 175 Å². The summed E-state index contributed by atoms with van der Waals surface area (Å²) in [6.45, 7) is 2.44. The lowest BCUT2D eigenvalue weighted by atomic mass is 10.2. The fourth-order valence-electron chi connectivity index (χ4n) is 2.52. The highest BCUT2D eigenvalue weighted by atomic mass is 16.5. The smallest absolute Gasteiger partial charge is 0.338 e. The highest BCUT2D eigenvalue weighted by Gasteiger charge is 2.11. The maximum atomic E-state index is 12.3. The molecule has 0 spiro atoms. The van der Waals surface area contributed by atoms with Crippen LogP contribution in [0.1, 0.15) is 40.5 Å². The fraction of sp³-hybridized carbons (Fsp3) is 0.318. The molecule has 2 rings (SSSR count). The first-order valence-corrected chi connectivity index (χ1v) is 9.55. The standard InChI is InChI=1S/C22H26N2O6/c1-4-11-30-22(27)15-5-7-17(8-6-15)24-20(25)9-10-23-21(26)16-12-18(28-2)14-19(13-16)29-3/h5-8,12-14H,4,9-11H2,1-3H3,(H,23,26)(H,24,25). The minimum absolute atomic E-state index is 0.0904. The number of benzene rings is 2. The van der Waals surface area contributed by atoms with E-state index in [9.17, 15) is 14.4 Å². The summed E-state index contributed by atoms with van der Waals surface area (Å²) in [4.78, 5) is 36.2. The maximum absolute atomic E-state index is 12.3. The van der Waals surface area contributed by atoms with E-state index in [1.807, 2.05) is 6.92 Å². The average molecular weight is 414 g/mol. The third-order valence-electron chi connectivity index (χ3n) is 4.09. The molecule has 0 aliphatic carbocycles. The molecule has 2 N–H and O–H groups in total. The number of hydrogen-bond acceptors (Lipinski definition) is 6. The van der Waals surface area contributed by atoms with Crippen molar-refractivity contribution in [2.45, 2.75) is 19.8 Å². The van der Waals surface area contributed by atoms with E-state index in [0.29, 0.717) is 34.9 Å². The number of carbonyl (C=O) groups excluding carboxylic acids is 3. The van der Waals surface area contributed by atoms with Gasteiger partial charge in [-0.05, 0) is 42.8 Å². The van der Waals surface area contributed by atoms with Crippen LogP contribution in [0.3, 0.4) is 0 Å². The molecule has 0 aliphatic rings. The van der Waals surface area contributed by atoms with Crippen molar-refractivity contribution in [2.75, 3.05) is 32.7 Å². The van der Waals surface area contributed by atoms with Crippen molar-refractivity contribution in [3.63, 3.8) is 0 Å². The molecule has 0 aromatic heterocycles. The van der Waals surface area contributed by atoms with E-state index in [1.165, 1.54) is 14.2 Å². The van der Waals surface area contributed by atoms with E-state index < -0.39 is 5.97 Å². The lowest BCUT2D eigenvalue weighted by Crippen LogP contribution is -2.27. The molecule has 0 unspecified atom stereocenters. The average Bonchev–Trinajstić information content (AvgIpc) is 2.77. The summed E-state index contributed by atoms with van der Waals surface area (Å²) in [5, 5.41) is 5.41. The molecule has 2 aromatic rings. The van der Waals surface area contributed by atoms with E-state index in [4.69, 9.17) is 14.2 Å². The summed E-state index contributed by atoms with van der Waals surface area (Å²) in [7, 11) is 3.00. The van der Waals surface area contributed by atoms with Crippen molar-refractivity contribution in [1.29, 1.82) is 0 Å². The van der Waals surface area contributed by atoms with E-state index in [1.54, 1.807) is 42.5 Å². The minimum atomic E-state index is -0.397. The molecule has 0 fully saturated rings. The Hall–Kier alpha value is -3.55. The second-order valence-corrected chi connectivity index (χ2v) is 6.37. The van der Waals surface area contributed by atoms with E-state index >= 15 is 0 Å². The van der Waals surface area contributed by atoms with Gasteiger partial charge in [-0.15, -0.1) is 0 Å². The topological polar surface area (TPSA) is 103 Å². The molecule has 160 valence electrons. The Balaban J connectivity index is 1.82. The largest absolute Gasteiger partial charge is 0.497 e. The van der Waals surface area contributed by atoms with Gasteiger partial charge in [-0.3, -0.25) is 9.59 Å². The number of methoxy groups -OCH3 is 2. The van der Waals surface area contributed by atoms with Crippen LogP contribution in [-0.2, 0) is 9.53 Å².